The van der Waals surface area contributed by atoms with Gasteiger partial charge in [-0.05, 0) is 46.5 Å². The molecule has 2 aromatic carbocycles. The first kappa shape index (κ1) is 23.1. The molecule has 1 unspecified atom stereocenters. The monoisotopic (exact) mass is 490 g/mol. The van der Waals surface area contributed by atoms with E-state index in [1.807, 2.05) is 35.7 Å². The number of rotatable bonds is 7. The van der Waals surface area contributed by atoms with E-state index in [2.05, 4.69) is 29.6 Å². The average molecular weight is 491 g/mol. The van der Waals surface area contributed by atoms with E-state index in [1.165, 1.54) is 11.3 Å². The third kappa shape index (κ3) is 4.66. The number of likely N-dealkylation sites (tertiary alicyclic amines) is 1. The fraction of sp³-hybridized carbons (Fsp3) is 0.296. The molecule has 1 aliphatic carbocycles. The van der Waals surface area contributed by atoms with Crippen LogP contribution in [0.1, 0.15) is 47.2 Å². The largest absolute Gasteiger partial charge is 0.481 e. The summed E-state index contributed by atoms with van der Waals surface area (Å²) >= 11 is 1.37. The van der Waals surface area contributed by atoms with Crippen LogP contribution in [0.5, 0.6) is 0 Å². The van der Waals surface area contributed by atoms with Gasteiger partial charge in [0.05, 0.1) is 6.42 Å². The number of carboxylic acids is 1. The van der Waals surface area contributed by atoms with Crippen LogP contribution in [-0.2, 0) is 14.3 Å². The van der Waals surface area contributed by atoms with Crippen molar-refractivity contribution in [1.82, 2.24) is 10.2 Å². The highest BCUT2D eigenvalue weighted by atomic mass is 32.1. The standard InChI is InChI=1S/C27H26N2O5S/c30-24(31)15-17-7-5-13-29(17)26(32)25(23-12-6-14-35-23)28-27(33)34-16-22-20-10-3-1-8-18(20)19-9-2-4-11-21(19)22/h1-4,6,8-12,14,17,22,25H,5,7,13,15-16H2,(H,28,33)(H,30,31)/t17-,25?/m1/s1. The van der Waals surface area contributed by atoms with Crippen LogP contribution < -0.4 is 5.32 Å². The lowest BCUT2D eigenvalue weighted by Crippen LogP contribution is -2.45. The van der Waals surface area contributed by atoms with Crippen molar-refractivity contribution < 1.29 is 24.2 Å². The number of amides is 2. The summed E-state index contributed by atoms with van der Waals surface area (Å²) in [5.74, 6) is -1.32. The van der Waals surface area contributed by atoms with E-state index in [4.69, 9.17) is 4.74 Å². The Hall–Kier alpha value is -3.65. The number of aliphatic carboxylic acids is 1. The van der Waals surface area contributed by atoms with Gasteiger partial charge >= 0.3 is 12.1 Å². The summed E-state index contributed by atoms with van der Waals surface area (Å²) in [5, 5.41) is 13.8. The molecule has 0 spiro atoms. The van der Waals surface area contributed by atoms with E-state index in [-0.39, 0.29) is 30.9 Å². The molecule has 180 valence electrons. The lowest BCUT2D eigenvalue weighted by molar-refractivity contribution is -0.140. The number of carbonyl (C=O) groups excluding carboxylic acids is 2. The number of nitrogens with zero attached hydrogens (tertiary/aromatic N) is 1. The Balaban J connectivity index is 1.30. The van der Waals surface area contributed by atoms with Crippen LogP contribution in [0.2, 0.25) is 0 Å². The van der Waals surface area contributed by atoms with Gasteiger partial charge in [0.2, 0.25) is 0 Å². The minimum absolute atomic E-state index is 0.0810. The van der Waals surface area contributed by atoms with Crippen LogP contribution >= 0.6 is 11.3 Å². The second kappa shape index (κ2) is 9.92. The lowest BCUT2D eigenvalue weighted by Gasteiger charge is -2.28. The highest BCUT2D eigenvalue weighted by molar-refractivity contribution is 7.10. The highest BCUT2D eigenvalue weighted by Gasteiger charge is 2.37. The molecule has 0 radical (unpaired) electrons. The number of ether oxygens (including phenoxy) is 1. The summed E-state index contributed by atoms with van der Waals surface area (Å²) < 4.78 is 5.66. The molecule has 1 aliphatic heterocycles. The van der Waals surface area contributed by atoms with Crippen molar-refractivity contribution in [3.63, 3.8) is 0 Å². The van der Waals surface area contributed by atoms with Gasteiger partial charge in [0, 0.05) is 23.4 Å². The Morgan fingerprint density at radius 2 is 1.71 bits per heavy atom. The van der Waals surface area contributed by atoms with E-state index >= 15 is 0 Å². The van der Waals surface area contributed by atoms with E-state index in [1.54, 1.807) is 11.0 Å². The van der Waals surface area contributed by atoms with Crippen molar-refractivity contribution in [1.29, 1.82) is 0 Å². The van der Waals surface area contributed by atoms with Gasteiger partial charge in [0.25, 0.3) is 5.91 Å². The van der Waals surface area contributed by atoms with Gasteiger partial charge in [-0.15, -0.1) is 11.3 Å². The van der Waals surface area contributed by atoms with Gasteiger partial charge < -0.3 is 20.1 Å². The van der Waals surface area contributed by atoms with Gasteiger partial charge in [-0.2, -0.15) is 0 Å². The Morgan fingerprint density at radius 1 is 1.03 bits per heavy atom. The number of thiophene rings is 1. The second-order valence-corrected chi connectivity index (χ2v) is 9.82. The van der Waals surface area contributed by atoms with Crippen molar-refractivity contribution in [2.75, 3.05) is 13.2 Å². The molecule has 2 atom stereocenters. The molecule has 1 aromatic heterocycles. The molecule has 2 N–H and O–H groups in total. The highest BCUT2D eigenvalue weighted by Crippen LogP contribution is 2.44. The topological polar surface area (TPSA) is 95.9 Å². The fourth-order valence-electron chi connectivity index (χ4n) is 5.17. The third-order valence-corrected chi connectivity index (χ3v) is 7.69. The minimum Gasteiger partial charge on any atom is -0.481 e. The van der Waals surface area contributed by atoms with Gasteiger partial charge in [-0.3, -0.25) is 9.59 Å². The molecule has 35 heavy (non-hydrogen) atoms. The first-order chi connectivity index (χ1) is 17.0. The van der Waals surface area contributed by atoms with Crippen molar-refractivity contribution >= 4 is 29.3 Å². The van der Waals surface area contributed by atoms with Crippen LogP contribution in [0.4, 0.5) is 4.79 Å². The molecule has 1 saturated heterocycles. The summed E-state index contributed by atoms with van der Waals surface area (Å²) in [5.41, 5.74) is 4.51. The molecular formula is C27H26N2O5S. The lowest BCUT2D eigenvalue weighted by atomic mass is 9.98. The van der Waals surface area contributed by atoms with Crippen molar-refractivity contribution in [2.24, 2.45) is 0 Å². The van der Waals surface area contributed by atoms with Gasteiger partial charge in [-0.25, -0.2) is 4.79 Å². The number of alkyl carbamates (subject to hydrolysis) is 1. The van der Waals surface area contributed by atoms with E-state index in [0.717, 1.165) is 28.7 Å². The quantitative estimate of drug-likeness (QED) is 0.496. The summed E-state index contributed by atoms with van der Waals surface area (Å²) in [6.45, 7) is 0.627. The van der Waals surface area contributed by atoms with Crippen LogP contribution in [0.15, 0.2) is 66.0 Å². The van der Waals surface area contributed by atoms with Gasteiger partial charge in [0.15, 0.2) is 0 Å². The molecule has 7 nitrogen and oxygen atoms in total. The van der Waals surface area contributed by atoms with Crippen LogP contribution in [0, 0.1) is 0 Å². The zero-order valence-corrected chi connectivity index (χ0v) is 19.9. The Labute approximate surface area is 207 Å². The van der Waals surface area contributed by atoms with Crippen LogP contribution in [0.25, 0.3) is 11.1 Å². The zero-order valence-electron chi connectivity index (χ0n) is 19.1. The van der Waals surface area contributed by atoms with E-state index in [0.29, 0.717) is 17.8 Å². The molecule has 2 amide bonds. The SMILES string of the molecule is O=C(O)C[C@H]1CCCN1C(=O)C(NC(=O)OCC1c2ccccc2-c2ccccc21)c1cccs1. The molecule has 2 aliphatic rings. The fourth-order valence-corrected chi connectivity index (χ4v) is 5.94. The van der Waals surface area contributed by atoms with Crippen molar-refractivity contribution in [2.45, 2.75) is 37.3 Å². The van der Waals surface area contributed by atoms with Crippen molar-refractivity contribution in [3.8, 4) is 11.1 Å². The smallest absolute Gasteiger partial charge is 0.408 e. The normalized spacial score (nSPS) is 17.5. The summed E-state index contributed by atoms with van der Waals surface area (Å²) in [6, 6.07) is 18.5. The maximum atomic E-state index is 13.4. The molecular weight excluding hydrogens is 464 g/mol. The number of carbonyl (C=O) groups is 3. The van der Waals surface area contributed by atoms with Gasteiger partial charge in [0.1, 0.15) is 12.6 Å². The molecule has 8 heteroatoms. The molecule has 2 heterocycles. The molecule has 1 fully saturated rings. The predicted molar refractivity (Wildman–Crippen MR) is 132 cm³/mol. The van der Waals surface area contributed by atoms with E-state index < -0.39 is 18.1 Å². The van der Waals surface area contributed by atoms with E-state index in [9.17, 15) is 19.5 Å². The summed E-state index contributed by atoms with van der Waals surface area (Å²) in [6.07, 6.45) is 0.604. The third-order valence-electron chi connectivity index (χ3n) is 6.75. The second-order valence-electron chi connectivity index (χ2n) is 8.84. The molecule has 0 saturated carbocycles. The Morgan fingerprint density at radius 3 is 2.34 bits per heavy atom. The Kier molecular flexibility index (Phi) is 6.55. The maximum absolute atomic E-state index is 13.4. The molecule has 0 bridgehead atoms. The van der Waals surface area contributed by atoms with Crippen molar-refractivity contribution in [3.05, 3.63) is 82.0 Å². The molecule has 3 aromatic rings. The zero-order chi connectivity index (χ0) is 24.4. The summed E-state index contributed by atoms with van der Waals surface area (Å²) in [4.78, 5) is 39.9. The predicted octanol–water partition coefficient (Wildman–Crippen LogP) is 4.79. The molecule has 5 rings (SSSR count). The van der Waals surface area contributed by atoms with Gasteiger partial charge in [-0.1, -0.05) is 54.6 Å². The number of fused-ring (bicyclic) bond motifs is 3. The number of nitrogens with one attached hydrogen (secondary N) is 1. The number of hydrogen-bond donors (Lipinski definition) is 2. The average Bonchev–Trinajstić information content (AvgIpc) is 3.60. The van der Waals surface area contributed by atoms with Crippen LogP contribution in [0.3, 0.4) is 0 Å². The number of benzene rings is 2. The minimum atomic E-state index is -0.938. The number of carboxylic acid groups (broad SMARTS) is 1. The first-order valence-electron chi connectivity index (χ1n) is 11.7. The Bertz CT molecular complexity index is 1200. The summed E-state index contributed by atoms with van der Waals surface area (Å²) in [7, 11) is 0. The first-order valence-corrected chi connectivity index (χ1v) is 12.6. The van der Waals surface area contributed by atoms with Crippen LogP contribution in [-0.4, -0.2) is 47.2 Å². The number of hydrogen-bond acceptors (Lipinski definition) is 5. The maximum Gasteiger partial charge on any atom is 0.408 e.